The number of nitrogens with zero attached hydrogens (tertiary/aromatic N) is 3. The highest BCUT2D eigenvalue weighted by Crippen LogP contribution is 2.32. The minimum Gasteiger partial charge on any atom is -0.478 e. The molecule has 2 amide bonds. The summed E-state index contributed by atoms with van der Waals surface area (Å²) in [5.41, 5.74) is 1.22. The van der Waals surface area contributed by atoms with Crippen LogP contribution in [0.5, 0.6) is 5.75 Å². The maximum absolute atomic E-state index is 13.8. The second kappa shape index (κ2) is 8.76. The van der Waals surface area contributed by atoms with Crippen LogP contribution in [-0.2, 0) is 9.59 Å². The van der Waals surface area contributed by atoms with Crippen LogP contribution < -0.4 is 15.0 Å². The molecule has 0 fully saturated rings. The summed E-state index contributed by atoms with van der Waals surface area (Å²) in [6.45, 7) is 3.29. The molecular formula is C21H19FN4O4S. The van der Waals surface area contributed by atoms with Crippen LogP contribution in [0.15, 0.2) is 58.2 Å². The van der Waals surface area contributed by atoms with Crippen molar-refractivity contribution in [1.82, 2.24) is 10.2 Å². The molecular weight excluding hydrogens is 423 g/mol. The minimum absolute atomic E-state index is 0.0661. The zero-order valence-corrected chi connectivity index (χ0v) is 17.6. The summed E-state index contributed by atoms with van der Waals surface area (Å²) >= 11 is 1.08. The molecule has 8 nitrogen and oxygen atoms in total. The van der Waals surface area contributed by atoms with Crippen LogP contribution >= 0.6 is 11.8 Å². The van der Waals surface area contributed by atoms with Gasteiger partial charge in [0.2, 0.25) is 11.8 Å². The number of halogens is 1. The van der Waals surface area contributed by atoms with E-state index in [2.05, 4.69) is 15.5 Å². The molecule has 0 saturated heterocycles. The third-order valence-corrected chi connectivity index (χ3v) is 5.49. The molecule has 2 heterocycles. The van der Waals surface area contributed by atoms with Crippen LogP contribution in [-0.4, -0.2) is 33.8 Å². The quantitative estimate of drug-likeness (QED) is 0.580. The number of carbonyl (C=O) groups excluding carboxylic acids is 2. The maximum Gasteiger partial charge on any atom is 0.277 e. The fraction of sp³-hybridized carbons (Fsp3) is 0.238. The Labute approximate surface area is 181 Å². The fourth-order valence-electron chi connectivity index (χ4n) is 3.06. The largest absolute Gasteiger partial charge is 0.478 e. The van der Waals surface area contributed by atoms with Gasteiger partial charge in [-0.15, -0.1) is 10.2 Å². The van der Waals surface area contributed by atoms with Crippen LogP contribution in [0.2, 0.25) is 0 Å². The van der Waals surface area contributed by atoms with E-state index >= 15 is 0 Å². The average molecular weight is 442 g/mol. The highest BCUT2D eigenvalue weighted by atomic mass is 32.2. The van der Waals surface area contributed by atoms with Crippen LogP contribution in [0.25, 0.3) is 0 Å². The van der Waals surface area contributed by atoms with Crippen molar-refractivity contribution in [1.29, 1.82) is 0 Å². The fourth-order valence-corrected chi connectivity index (χ4v) is 3.82. The van der Waals surface area contributed by atoms with Gasteiger partial charge in [-0.1, -0.05) is 36.0 Å². The number of para-hydroxylation sites is 3. The Morgan fingerprint density at radius 2 is 1.94 bits per heavy atom. The number of thioether (sulfide) groups is 1. The average Bonchev–Trinajstić information content (AvgIpc) is 3.22. The summed E-state index contributed by atoms with van der Waals surface area (Å²) < 4.78 is 24.9. The molecule has 1 aliphatic heterocycles. The molecule has 1 aliphatic rings. The first-order valence-electron chi connectivity index (χ1n) is 9.54. The maximum atomic E-state index is 13.8. The first-order chi connectivity index (χ1) is 14.9. The highest BCUT2D eigenvalue weighted by Gasteiger charge is 2.31. The predicted octanol–water partition coefficient (Wildman–Crippen LogP) is 3.81. The van der Waals surface area contributed by atoms with Gasteiger partial charge < -0.3 is 14.5 Å². The Balaban J connectivity index is 1.43. The van der Waals surface area contributed by atoms with Gasteiger partial charge in [-0.05, 0) is 38.1 Å². The minimum atomic E-state index is -0.678. The molecule has 31 heavy (non-hydrogen) atoms. The van der Waals surface area contributed by atoms with Gasteiger partial charge in [-0.2, -0.15) is 0 Å². The van der Waals surface area contributed by atoms with Gasteiger partial charge in [0.15, 0.2) is 17.7 Å². The Hall–Kier alpha value is -3.40. The summed E-state index contributed by atoms with van der Waals surface area (Å²) in [6, 6.07) is 13.1. The summed E-state index contributed by atoms with van der Waals surface area (Å²) in [7, 11) is 0. The number of hydrogen-bond donors (Lipinski definition) is 1. The van der Waals surface area contributed by atoms with Crippen LogP contribution in [0, 0.1) is 5.82 Å². The van der Waals surface area contributed by atoms with Crippen molar-refractivity contribution in [3.8, 4) is 5.75 Å². The van der Waals surface area contributed by atoms with Crippen LogP contribution in [0.3, 0.4) is 0 Å². The van der Waals surface area contributed by atoms with E-state index < -0.39 is 17.2 Å². The van der Waals surface area contributed by atoms with Gasteiger partial charge in [-0.3, -0.25) is 14.5 Å². The lowest BCUT2D eigenvalue weighted by Crippen LogP contribution is -2.45. The van der Waals surface area contributed by atoms with E-state index in [-0.39, 0.29) is 35.2 Å². The molecule has 160 valence electrons. The lowest BCUT2D eigenvalue weighted by Gasteiger charge is -2.30. The molecule has 2 atom stereocenters. The lowest BCUT2D eigenvalue weighted by molar-refractivity contribution is -0.121. The van der Waals surface area contributed by atoms with Gasteiger partial charge in [0.1, 0.15) is 6.54 Å². The van der Waals surface area contributed by atoms with Crippen molar-refractivity contribution in [2.75, 3.05) is 16.8 Å². The van der Waals surface area contributed by atoms with E-state index in [4.69, 9.17) is 9.15 Å². The molecule has 0 aliphatic carbocycles. The third-order valence-electron chi connectivity index (χ3n) is 4.57. The SMILES string of the molecule is CC(Sc1nnc(C(C)Oc2ccccc2F)o1)C(=O)N1CC(=O)Nc2ccccc21. The predicted molar refractivity (Wildman–Crippen MR) is 112 cm³/mol. The highest BCUT2D eigenvalue weighted by molar-refractivity contribution is 8.00. The number of amides is 2. The topological polar surface area (TPSA) is 97.6 Å². The van der Waals surface area contributed by atoms with Crippen molar-refractivity contribution < 1.29 is 23.1 Å². The number of carbonyl (C=O) groups is 2. The Kier molecular flexibility index (Phi) is 5.90. The number of benzene rings is 2. The second-order valence-corrected chi connectivity index (χ2v) is 8.14. The lowest BCUT2D eigenvalue weighted by atomic mass is 10.2. The number of rotatable bonds is 6. The number of nitrogens with one attached hydrogen (secondary N) is 1. The van der Waals surface area contributed by atoms with E-state index in [1.807, 2.05) is 0 Å². The first kappa shape index (κ1) is 20.9. The zero-order valence-electron chi connectivity index (χ0n) is 16.7. The van der Waals surface area contributed by atoms with Crippen molar-refractivity contribution in [2.24, 2.45) is 0 Å². The molecule has 2 aromatic carbocycles. The van der Waals surface area contributed by atoms with Gasteiger partial charge in [0.05, 0.1) is 16.6 Å². The number of ether oxygens (including phenoxy) is 1. The summed E-state index contributed by atoms with van der Waals surface area (Å²) in [5, 5.41) is 10.2. The molecule has 2 unspecified atom stereocenters. The van der Waals surface area contributed by atoms with Gasteiger partial charge >= 0.3 is 0 Å². The number of anilines is 2. The van der Waals surface area contributed by atoms with E-state index in [9.17, 15) is 14.0 Å². The molecule has 0 saturated carbocycles. The summed E-state index contributed by atoms with van der Waals surface area (Å²) in [6.07, 6.45) is -0.678. The molecule has 0 bridgehead atoms. The molecule has 3 aromatic rings. The molecule has 1 aromatic heterocycles. The first-order valence-corrected chi connectivity index (χ1v) is 10.4. The molecule has 1 N–H and O–H groups in total. The van der Waals surface area contributed by atoms with Gasteiger partial charge in [0.25, 0.3) is 11.1 Å². The number of aromatic nitrogens is 2. The standard InChI is InChI=1S/C21H19FN4O4S/c1-12(29-17-10-6-3-7-14(17)22)19-24-25-21(30-19)31-13(2)20(28)26-11-18(27)23-15-8-4-5-9-16(15)26/h3-10,12-13H,11H2,1-2H3,(H,23,27). The summed E-state index contributed by atoms with van der Waals surface area (Å²) in [5.74, 6) is -0.777. The summed E-state index contributed by atoms with van der Waals surface area (Å²) in [4.78, 5) is 26.4. The monoisotopic (exact) mass is 442 g/mol. The Bertz CT molecular complexity index is 1120. The van der Waals surface area contributed by atoms with Crippen molar-refractivity contribution in [3.05, 3.63) is 60.2 Å². The number of hydrogen-bond acceptors (Lipinski definition) is 7. The number of fused-ring (bicyclic) bond motifs is 1. The van der Waals surface area contributed by atoms with Gasteiger partial charge in [0, 0.05) is 0 Å². The van der Waals surface area contributed by atoms with Crippen molar-refractivity contribution in [3.63, 3.8) is 0 Å². The van der Waals surface area contributed by atoms with Gasteiger partial charge in [-0.25, -0.2) is 4.39 Å². The van der Waals surface area contributed by atoms with E-state index in [0.29, 0.717) is 11.4 Å². The third kappa shape index (κ3) is 4.53. The Morgan fingerprint density at radius 1 is 1.19 bits per heavy atom. The van der Waals surface area contributed by atoms with E-state index in [1.54, 1.807) is 50.2 Å². The van der Waals surface area contributed by atoms with E-state index in [1.165, 1.54) is 17.0 Å². The normalized spacial score (nSPS) is 15.1. The molecule has 0 radical (unpaired) electrons. The van der Waals surface area contributed by atoms with Crippen molar-refractivity contribution >= 4 is 35.0 Å². The van der Waals surface area contributed by atoms with Crippen LogP contribution in [0.1, 0.15) is 25.8 Å². The zero-order chi connectivity index (χ0) is 22.0. The molecule has 4 rings (SSSR count). The Morgan fingerprint density at radius 3 is 2.74 bits per heavy atom. The molecule has 0 spiro atoms. The smallest absolute Gasteiger partial charge is 0.277 e. The van der Waals surface area contributed by atoms with Crippen molar-refractivity contribution in [2.45, 2.75) is 30.4 Å². The van der Waals surface area contributed by atoms with Crippen LogP contribution in [0.4, 0.5) is 15.8 Å². The second-order valence-electron chi connectivity index (χ2n) is 6.85. The van der Waals surface area contributed by atoms with E-state index in [0.717, 1.165) is 11.8 Å². The molecule has 10 heteroatoms.